The predicted molar refractivity (Wildman–Crippen MR) is 55.4 cm³/mol. The maximum absolute atomic E-state index is 13.0. The first kappa shape index (κ1) is 10.4. The van der Waals surface area contributed by atoms with E-state index in [9.17, 15) is 9.50 Å². The lowest BCUT2D eigenvalue weighted by Gasteiger charge is -2.18. The highest BCUT2D eigenvalue weighted by Gasteiger charge is 2.27. The molecule has 0 aliphatic heterocycles. The second-order valence-corrected chi connectivity index (χ2v) is 4.06. The summed E-state index contributed by atoms with van der Waals surface area (Å²) in [5.74, 6) is 0.240. The van der Waals surface area contributed by atoms with Crippen molar-refractivity contribution < 1.29 is 14.2 Å². The average molecular weight is 210 g/mol. The van der Waals surface area contributed by atoms with Gasteiger partial charge in [-0.2, -0.15) is 0 Å². The van der Waals surface area contributed by atoms with Crippen LogP contribution in [0.2, 0.25) is 0 Å². The smallest absolute Gasteiger partial charge is 0.126 e. The van der Waals surface area contributed by atoms with Crippen molar-refractivity contribution in [3.63, 3.8) is 0 Å². The van der Waals surface area contributed by atoms with E-state index in [1.165, 1.54) is 12.1 Å². The zero-order valence-electron chi connectivity index (χ0n) is 8.74. The summed E-state index contributed by atoms with van der Waals surface area (Å²) >= 11 is 0. The number of halogens is 1. The van der Waals surface area contributed by atoms with E-state index in [1.54, 1.807) is 6.07 Å². The maximum atomic E-state index is 13.0. The Bertz CT molecular complexity index is 351. The third kappa shape index (κ3) is 2.29. The minimum Gasteiger partial charge on any atom is -0.487 e. The van der Waals surface area contributed by atoms with Gasteiger partial charge in [0, 0.05) is 6.07 Å². The molecule has 0 aromatic heterocycles. The molecule has 2 rings (SSSR count). The van der Waals surface area contributed by atoms with Crippen LogP contribution >= 0.6 is 0 Å². The van der Waals surface area contributed by atoms with Crippen molar-refractivity contribution in [2.24, 2.45) is 0 Å². The quantitative estimate of drug-likeness (QED) is 0.812. The highest BCUT2D eigenvalue weighted by molar-refractivity contribution is 5.33. The van der Waals surface area contributed by atoms with Gasteiger partial charge >= 0.3 is 0 Å². The van der Waals surface area contributed by atoms with Crippen molar-refractivity contribution in [2.75, 3.05) is 0 Å². The third-order valence-corrected chi connectivity index (χ3v) is 2.85. The molecule has 2 atom stereocenters. The number of aryl methyl sites for hydroxylation is 1. The molecule has 0 radical (unpaired) electrons. The Morgan fingerprint density at radius 2 is 2.20 bits per heavy atom. The fourth-order valence-electron chi connectivity index (χ4n) is 1.91. The highest BCUT2D eigenvalue weighted by Crippen LogP contribution is 2.27. The summed E-state index contributed by atoms with van der Waals surface area (Å²) < 4.78 is 18.6. The molecule has 1 aromatic rings. The summed E-state index contributed by atoms with van der Waals surface area (Å²) in [4.78, 5) is 0. The Kier molecular flexibility index (Phi) is 2.91. The number of aliphatic hydroxyl groups is 1. The first-order chi connectivity index (χ1) is 7.16. The Labute approximate surface area is 88.7 Å². The molecule has 0 bridgehead atoms. The summed E-state index contributed by atoms with van der Waals surface area (Å²) in [5, 5.41) is 9.59. The van der Waals surface area contributed by atoms with Gasteiger partial charge in [0.1, 0.15) is 17.7 Å². The topological polar surface area (TPSA) is 29.5 Å². The van der Waals surface area contributed by atoms with Crippen LogP contribution in [0.3, 0.4) is 0 Å². The van der Waals surface area contributed by atoms with E-state index in [4.69, 9.17) is 4.74 Å². The molecule has 0 unspecified atom stereocenters. The molecule has 3 heteroatoms. The first-order valence-corrected chi connectivity index (χ1v) is 5.27. The molecule has 2 nitrogen and oxygen atoms in total. The van der Waals surface area contributed by atoms with Gasteiger partial charge in [-0.3, -0.25) is 0 Å². The normalized spacial score (nSPS) is 25.5. The number of aliphatic hydroxyl groups excluding tert-OH is 1. The van der Waals surface area contributed by atoms with Crippen molar-refractivity contribution in [1.29, 1.82) is 0 Å². The van der Waals surface area contributed by atoms with Gasteiger partial charge in [-0.1, -0.05) is 6.07 Å². The minimum absolute atomic E-state index is 0.175. The number of benzene rings is 1. The molecular weight excluding hydrogens is 195 g/mol. The maximum Gasteiger partial charge on any atom is 0.126 e. The fraction of sp³-hybridized carbons (Fsp3) is 0.500. The molecule has 1 aliphatic carbocycles. The van der Waals surface area contributed by atoms with Gasteiger partial charge in [-0.15, -0.1) is 0 Å². The van der Waals surface area contributed by atoms with Crippen LogP contribution in [0.5, 0.6) is 5.75 Å². The molecule has 1 aromatic carbocycles. The summed E-state index contributed by atoms with van der Waals surface area (Å²) in [7, 11) is 0. The standard InChI is InChI=1S/C12H15FO2/c1-8-5-6-9(13)7-12(8)15-11-4-2-3-10(11)14/h5-7,10-11,14H,2-4H2,1H3/t10-,11+/m0/s1. The van der Waals surface area contributed by atoms with E-state index in [-0.39, 0.29) is 11.9 Å². The number of hydrogen-bond acceptors (Lipinski definition) is 2. The van der Waals surface area contributed by atoms with E-state index >= 15 is 0 Å². The Morgan fingerprint density at radius 3 is 2.87 bits per heavy atom. The van der Waals surface area contributed by atoms with Crippen LogP contribution in [-0.4, -0.2) is 17.3 Å². The fourth-order valence-corrected chi connectivity index (χ4v) is 1.91. The number of ether oxygens (including phenoxy) is 1. The lowest BCUT2D eigenvalue weighted by atomic mass is 10.2. The number of rotatable bonds is 2. The van der Waals surface area contributed by atoms with Crippen LogP contribution in [0.4, 0.5) is 4.39 Å². The molecule has 0 spiro atoms. The monoisotopic (exact) mass is 210 g/mol. The van der Waals surface area contributed by atoms with E-state index < -0.39 is 6.10 Å². The first-order valence-electron chi connectivity index (χ1n) is 5.27. The predicted octanol–water partition coefficient (Wildman–Crippen LogP) is 2.43. The summed E-state index contributed by atoms with van der Waals surface area (Å²) in [5.41, 5.74) is 0.899. The second-order valence-electron chi connectivity index (χ2n) is 4.06. The van der Waals surface area contributed by atoms with Crippen LogP contribution in [0, 0.1) is 12.7 Å². The largest absolute Gasteiger partial charge is 0.487 e. The molecule has 1 fully saturated rings. The molecule has 1 aliphatic rings. The van der Waals surface area contributed by atoms with E-state index in [0.717, 1.165) is 24.8 Å². The van der Waals surface area contributed by atoms with Gasteiger partial charge in [0.15, 0.2) is 0 Å². The summed E-state index contributed by atoms with van der Waals surface area (Å²) in [6.07, 6.45) is 2.01. The van der Waals surface area contributed by atoms with Gasteiger partial charge in [0.05, 0.1) is 6.10 Å². The molecule has 1 saturated carbocycles. The van der Waals surface area contributed by atoms with Crippen LogP contribution < -0.4 is 4.74 Å². The molecule has 82 valence electrons. The Hall–Kier alpha value is -1.09. The zero-order chi connectivity index (χ0) is 10.8. The van der Waals surface area contributed by atoms with Crippen molar-refractivity contribution in [2.45, 2.75) is 38.4 Å². The zero-order valence-corrected chi connectivity index (χ0v) is 8.74. The van der Waals surface area contributed by atoms with Crippen LogP contribution in [0.15, 0.2) is 18.2 Å². The SMILES string of the molecule is Cc1ccc(F)cc1O[C@@H]1CCC[C@@H]1O. The van der Waals surface area contributed by atoms with Crippen molar-refractivity contribution in [3.05, 3.63) is 29.6 Å². The molecule has 0 amide bonds. The van der Waals surface area contributed by atoms with E-state index in [0.29, 0.717) is 5.75 Å². The van der Waals surface area contributed by atoms with E-state index in [1.807, 2.05) is 6.92 Å². The van der Waals surface area contributed by atoms with Gasteiger partial charge in [-0.05, 0) is 37.8 Å². The Balaban J connectivity index is 2.12. The summed E-state index contributed by atoms with van der Waals surface area (Å²) in [6.45, 7) is 1.87. The lowest BCUT2D eigenvalue weighted by molar-refractivity contribution is 0.0597. The number of hydrogen-bond donors (Lipinski definition) is 1. The van der Waals surface area contributed by atoms with E-state index in [2.05, 4.69) is 0 Å². The van der Waals surface area contributed by atoms with Crippen molar-refractivity contribution in [1.82, 2.24) is 0 Å². The lowest BCUT2D eigenvalue weighted by Crippen LogP contribution is -2.25. The molecule has 1 N–H and O–H groups in total. The Morgan fingerprint density at radius 1 is 1.40 bits per heavy atom. The highest BCUT2D eigenvalue weighted by atomic mass is 19.1. The molecule has 15 heavy (non-hydrogen) atoms. The molecule has 0 saturated heterocycles. The van der Waals surface area contributed by atoms with Gasteiger partial charge < -0.3 is 9.84 Å². The molecule has 0 heterocycles. The van der Waals surface area contributed by atoms with Gasteiger partial charge in [0.25, 0.3) is 0 Å². The van der Waals surface area contributed by atoms with Crippen LogP contribution in [0.1, 0.15) is 24.8 Å². The van der Waals surface area contributed by atoms with Crippen molar-refractivity contribution >= 4 is 0 Å². The minimum atomic E-state index is -0.410. The van der Waals surface area contributed by atoms with Gasteiger partial charge in [0.2, 0.25) is 0 Å². The van der Waals surface area contributed by atoms with Crippen LogP contribution in [-0.2, 0) is 0 Å². The van der Waals surface area contributed by atoms with Crippen LogP contribution in [0.25, 0.3) is 0 Å². The molecular formula is C12H15FO2. The van der Waals surface area contributed by atoms with Crippen molar-refractivity contribution in [3.8, 4) is 5.75 Å². The second kappa shape index (κ2) is 4.19. The summed E-state index contributed by atoms with van der Waals surface area (Å²) in [6, 6.07) is 4.47. The van der Waals surface area contributed by atoms with Gasteiger partial charge in [-0.25, -0.2) is 4.39 Å². The third-order valence-electron chi connectivity index (χ3n) is 2.85. The average Bonchev–Trinajstić information content (AvgIpc) is 2.58.